The zero-order valence-corrected chi connectivity index (χ0v) is 14.0. The molecule has 124 valence electrons. The van der Waals surface area contributed by atoms with Crippen molar-refractivity contribution in [2.45, 2.75) is 13.5 Å². The lowest BCUT2D eigenvalue weighted by Crippen LogP contribution is -2.46. The number of rotatable bonds is 6. The molecule has 1 aliphatic rings. The van der Waals surface area contributed by atoms with E-state index >= 15 is 0 Å². The summed E-state index contributed by atoms with van der Waals surface area (Å²) < 4.78 is 6.97. The number of hydrogen-bond donors (Lipinski definition) is 0. The summed E-state index contributed by atoms with van der Waals surface area (Å²) in [6, 6.07) is 6.59. The van der Waals surface area contributed by atoms with Gasteiger partial charge in [0.05, 0.1) is 12.3 Å². The van der Waals surface area contributed by atoms with Crippen LogP contribution >= 0.6 is 0 Å². The van der Waals surface area contributed by atoms with E-state index in [4.69, 9.17) is 4.74 Å². The lowest BCUT2D eigenvalue weighted by Gasteiger charge is -2.34. The summed E-state index contributed by atoms with van der Waals surface area (Å²) >= 11 is 0. The smallest absolute Gasteiger partial charge is 0.138 e. The zero-order chi connectivity index (χ0) is 16.1. The third-order valence-electron chi connectivity index (χ3n) is 4.41. The average molecular weight is 315 g/mol. The highest BCUT2D eigenvalue weighted by Gasteiger charge is 2.16. The van der Waals surface area contributed by atoms with Gasteiger partial charge in [0.25, 0.3) is 0 Å². The Morgan fingerprint density at radius 3 is 2.57 bits per heavy atom. The summed E-state index contributed by atoms with van der Waals surface area (Å²) in [7, 11) is 1.77. The molecular formula is C17H25N5O. The fourth-order valence-electron chi connectivity index (χ4n) is 3.06. The lowest BCUT2D eigenvalue weighted by atomic mass is 10.1. The molecule has 6 nitrogen and oxygen atoms in total. The minimum Gasteiger partial charge on any atom is -0.383 e. The molecule has 1 aromatic carbocycles. The van der Waals surface area contributed by atoms with Gasteiger partial charge in [0.15, 0.2) is 0 Å². The Kier molecular flexibility index (Phi) is 5.38. The van der Waals surface area contributed by atoms with Gasteiger partial charge in [-0.2, -0.15) is 5.10 Å². The molecule has 0 N–H and O–H groups in total. The second kappa shape index (κ2) is 7.68. The molecule has 0 amide bonds. The molecule has 2 aromatic rings. The molecule has 1 saturated heterocycles. The summed E-state index contributed by atoms with van der Waals surface area (Å²) in [5.41, 5.74) is 3.68. The molecular weight excluding hydrogens is 290 g/mol. The summed E-state index contributed by atoms with van der Waals surface area (Å²) in [6.07, 6.45) is 3.30. The standard InChI is InChI=1S/C17H25N5O/c1-15-11-16(3-4-17(15)22-14-18-13-19-22)12-21-7-5-20(6-8-21)9-10-23-2/h3-4,11,13-14H,5-10,12H2,1-2H3. The Hall–Kier alpha value is -1.76. The molecule has 1 aromatic heterocycles. The molecule has 0 spiro atoms. The van der Waals surface area contributed by atoms with Gasteiger partial charge in [-0.3, -0.25) is 9.80 Å². The number of benzene rings is 1. The van der Waals surface area contributed by atoms with Crippen LogP contribution in [-0.2, 0) is 11.3 Å². The first-order chi connectivity index (χ1) is 11.3. The topological polar surface area (TPSA) is 46.4 Å². The maximum atomic E-state index is 5.16. The molecule has 23 heavy (non-hydrogen) atoms. The van der Waals surface area contributed by atoms with Gasteiger partial charge in [-0.05, 0) is 24.1 Å². The van der Waals surface area contributed by atoms with Crippen LogP contribution in [-0.4, -0.2) is 71.0 Å². The molecule has 1 aliphatic heterocycles. The van der Waals surface area contributed by atoms with Crippen LogP contribution < -0.4 is 0 Å². The van der Waals surface area contributed by atoms with E-state index in [2.05, 4.69) is 45.0 Å². The van der Waals surface area contributed by atoms with Crippen molar-refractivity contribution >= 4 is 0 Å². The predicted molar refractivity (Wildman–Crippen MR) is 89.7 cm³/mol. The lowest BCUT2D eigenvalue weighted by molar-refractivity contribution is 0.0938. The predicted octanol–water partition coefficient (Wildman–Crippen LogP) is 1.34. The van der Waals surface area contributed by atoms with Gasteiger partial charge in [0.2, 0.25) is 0 Å². The number of hydrogen-bond acceptors (Lipinski definition) is 5. The molecule has 0 bridgehead atoms. The van der Waals surface area contributed by atoms with Crippen LogP contribution in [0.25, 0.3) is 5.69 Å². The number of nitrogens with zero attached hydrogens (tertiary/aromatic N) is 5. The van der Waals surface area contributed by atoms with Crippen LogP contribution in [0.2, 0.25) is 0 Å². The molecule has 0 aliphatic carbocycles. The Morgan fingerprint density at radius 2 is 1.91 bits per heavy atom. The number of ether oxygens (including phenoxy) is 1. The van der Waals surface area contributed by atoms with Gasteiger partial charge in [-0.15, -0.1) is 0 Å². The average Bonchev–Trinajstić information content (AvgIpc) is 3.08. The van der Waals surface area contributed by atoms with Crippen LogP contribution in [0.3, 0.4) is 0 Å². The summed E-state index contributed by atoms with van der Waals surface area (Å²) in [5, 5.41) is 4.20. The van der Waals surface area contributed by atoms with Crippen LogP contribution in [0, 0.1) is 6.92 Å². The van der Waals surface area contributed by atoms with Crippen molar-refractivity contribution in [3.05, 3.63) is 42.0 Å². The summed E-state index contributed by atoms with van der Waals surface area (Å²) in [4.78, 5) is 9.01. The quantitative estimate of drug-likeness (QED) is 0.805. The minimum atomic E-state index is 0.822. The monoisotopic (exact) mass is 315 g/mol. The molecule has 2 heterocycles. The molecule has 6 heteroatoms. The van der Waals surface area contributed by atoms with Crippen molar-refractivity contribution in [3.8, 4) is 5.69 Å². The highest BCUT2D eigenvalue weighted by molar-refractivity contribution is 5.41. The highest BCUT2D eigenvalue weighted by Crippen LogP contribution is 2.16. The van der Waals surface area contributed by atoms with Gasteiger partial charge in [-0.1, -0.05) is 12.1 Å². The largest absolute Gasteiger partial charge is 0.383 e. The maximum Gasteiger partial charge on any atom is 0.138 e. The van der Waals surface area contributed by atoms with E-state index in [9.17, 15) is 0 Å². The normalized spacial score (nSPS) is 16.8. The molecule has 1 fully saturated rings. The van der Waals surface area contributed by atoms with E-state index < -0.39 is 0 Å². The van der Waals surface area contributed by atoms with E-state index in [0.29, 0.717) is 0 Å². The second-order valence-corrected chi connectivity index (χ2v) is 6.07. The first-order valence-electron chi connectivity index (χ1n) is 8.14. The molecule has 0 radical (unpaired) electrons. The highest BCUT2D eigenvalue weighted by atomic mass is 16.5. The van der Waals surface area contributed by atoms with Gasteiger partial charge < -0.3 is 4.74 Å². The number of piperazine rings is 1. The molecule has 0 unspecified atom stereocenters. The van der Waals surface area contributed by atoms with Crippen LogP contribution in [0.15, 0.2) is 30.9 Å². The maximum absolute atomic E-state index is 5.16. The Bertz CT molecular complexity index is 605. The van der Waals surface area contributed by atoms with E-state index in [1.165, 1.54) is 11.1 Å². The molecule has 0 saturated carbocycles. The third kappa shape index (κ3) is 4.16. The zero-order valence-electron chi connectivity index (χ0n) is 14.0. The van der Waals surface area contributed by atoms with Crippen molar-refractivity contribution in [1.29, 1.82) is 0 Å². The molecule has 0 atom stereocenters. The number of methoxy groups -OCH3 is 1. The first-order valence-corrected chi connectivity index (χ1v) is 8.14. The number of aromatic nitrogens is 3. The fourth-order valence-corrected chi connectivity index (χ4v) is 3.06. The summed E-state index contributed by atoms with van der Waals surface area (Å²) in [6.45, 7) is 9.48. The van der Waals surface area contributed by atoms with E-state index in [1.54, 1.807) is 19.8 Å². The summed E-state index contributed by atoms with van der Waals surface area (Å²) in [5.74, 6) is 0. The Balaban J connectivity index is 1.56. The van der Waals surface area contributed by atoms with Gasteiger partial charge in [0.1, 0.15) is 12.7 Å². The van der Waals surface area contributed by atoms with Crippen molar-refractivity contribution in [1.82, 2.24) is 24.6 Å². The molecule has 3 rings (SSSR count). The van der Waals surface area contributed by atoms with E-state index in [-0.39, 0.29) is 0 Å². The van der Waals surface area contributed by atoms with Crippen LogP contribution in [0.5, 0.6) is 0 Å². The van der Waals surface area contributed by atoms with Crippen LogP contribution in [0.4, 0.5) is 0 Å². The first kappa shape index (κ1) is 16.1. The fraction of sp³-hybridized carbons (Fsp3) is 0.529. The SMILES string of the molecule is COCCN1CCN(Cc2ccc(-n3cncn3)c(C)c2)CC1. The van der Waals surface area contributed by atoms with Crippen molar-refractivity contribution in [3.63, 3.8) is 0 Å². The van der Waals surface area contributed by atoms with Crippen molar-refractivity contribution in [2.24, 2.45) is 0 Å². The third-order valence-corrected chi connectivity index (χ3v) is 4.41. The van der Waals surface area contributed by atoms with E-state index in [1.807, 2.05) is 4.68 Å². The minimum absolute atomic E-state index is 0.822. The van der Waals surface area contributed by atoms with Gasteiger partial charge in [0, 0.05) is 46.4 Å². The second-order valence-electron chi connectivity index (χ2n) is 6.07. The van der Waals surface area contributed by atoms with Crippen LogP contribution in [0.1, 0.15) is 11.1 Å². The van der Waals surface area contributed by atoms with Crippen molar-refractivity contribution < 1.29 is 4.74 Å². The number of aryl methyl sites for hydroxylation is 1. The van der Waals surface area contributed by atoms with E-state index in [0.717, 1.165) is 51.6 Å². The Morgan fingerprint density at radius 1 is 1.13 bits per heavy atom. The Labute approximate surface area is 137 Å². The van der Waals surface area contributed by atoms with Gasteiger partial charge >= 0.3 is 0 Å². The van der Waals surface area contributed by atoms with Gasteiger partial charge in [-0.25, -0.2) is 9.67 Å². The van der Waals surface area contributed by atoms with Crippen molar-refractivity contribution in [2.75, 3.05) is 46.4 Å².